The molecular formula is C11H13Cl3N2O. The summed E-state index contributed by atoms with van der Waals surface area (Å²) in [5, 5.41) is 6.86. The Morgan fingerprint density at radius 3 is 2.35 bits per heavy atom. The Morgan fingerprint density at radius 2 is 1.76 bits per heavy atom. The summed E-state index contributed by atoms with van der Waals surface area (Å²) in [5.41, 5.74) is 0.583. The first-order chi connectivity index (χ1) is 7.90. The van der Waals surface area contributed by atoms with E-state index in [0.717, 1.165) is 0 Å². The van der Waals surface area contributed by atoms with E-state index in [-0.39, 0.29) is 18.5 Å². The fourth-order valence-electron chi connectivity index (χ4n) is 1.21. The Kier molecular flexibility index (Phi) is 5.37. The molecule has 0 saturated carbocycles. The average molecular weight is 296 g/mol. The van der Waals surface area contributed by atoms with Crippen molar-refractivity contribution in [2.24, 2.45) is 0 Å². The van der Waals surface area contributed by atoms with Crippen molar-refractivity contribution in [2.75, 3.05) is 11.9 Å². The third-order valence-corrected chi connectivity index (χ3v) is 2.93. The van der Waals surface area contributed by atoms with Crippen LogP contribution >= 0.6 is 34.8 Å². The number of hydrogen-bond acceptors (Lipinski definition) is 2. The molecule has 1 amide bonds. The second-order valence-electron chi connectivity index (χ2n) is 3.82. The van der Waals surface area contributed by atoms with E-state index in [2.05, 4.69) is 10.6 Å². The lowest BCUT2D eigenvalue weighted by Gasteiger charge is -2.11. The molecule has 0 aliphatic heterocycles. The fourth-order valence-corrected chi connectivity index (χ4v) is 1.82. The highest BCUT2D eigenvalue weighted by atomic mass is 35.5. The van der Waals surface area contributed by atoms with Gasteiger partial charge in [0.1, 0.15) is 0 Å². The number of carbonyl (C=O) groups is 1. The molecule has 2 N–H and O–H groups in total. The lowest BCUT2D eigenvalue weighted by atomic mass is 10.3. The van der Waals surface area contributed by atoms with Crippen molar-refractivity contribution >= 4 is 46.4 Å². The number of anilines is 1. The third-order valence-electron chi connectivity index (χ3n) is 1.90. The van der Waals surface area contributed by atoms with Gasteiger partial charge in [-0.25, -0.2) is 0 Å². The number of nitrogens with one attached hydrogen (secondary N) is 2. The van der Waals surface area contributed by atoms with Crippen LogP contribution in [-0.2, 0) is 4.79 Å². The Morgan fingerprint density at radius 1 is 1.18 bits per heavy atom. The van der Waals surface area contributed by atoms with E-state index in [9.17, 15) is 4.79 Å². The van der Waals surface area contributed by atoms with Gasteiger partial charge in [0.2, 0.25) is 5.91 Å². The minimum absolute atomic E-state index is 0.105. The first-order valence-electron chi connectivity index (χ1n) is 5.08. The van der Waals surface area contributed by atoms with E-state index >= 15 is 0 Å². The Labute approximate surface area is 115 Å². The fraction of sp³-hybridized carbons (Fsp3) is 0.364. The third kappa shape index (κ3) is 4.62. The maximum absolute atomic E-state index is 11.4. The van der Waals surface area contributed by atoms with Gasteiger partial charge in [-0.3, -0.25) is 4.79 Å². The molecule has 0 spiro atoms. The zero-order chi connectivity index (χ0) is 13.0. The highest BCUT2D eigenvalue weighted by molar-refractivity contribution is 6.44. The van der Waals surface area contributed by atoms with Crippen LogP contribution in [0.25, 0.3) is 0 Å². The van der Waals surface area contributed by atoms with E-state index in [1.807, 2.05) is 13.8 Å². The Hall–Kier alpha value is -0.640. The molecule has 0 fully saturated rings. The monoisotopic (exact) mass is 294 g/mol. The van der Waals surface area contributed by atoms with Gasteiger partial charge in [0.05, 0.1) is 27.3 Å². The molecule has 0 aliphatic carbocycles. The average Bonchev–Trinajstić information content (AvgIpc) is 2.20. The van der Waals surface area contributed by atoms with Crippen molar-refractivity contribution < 1.29 is 4.79 Å². The summed E-state index contributed by atoms with van der Waals surface area (Å²) in [4.78, 5) is 11.4. The van der Waals surface area contributed by atoms with Crippen LogP contribution < -0.4 is 10.6 Å². The van der Waals surface area contributed by atoms with Crippen LogP contribution in [0.5, 0.6) is 0 Å². The smallest absolute Gasteiger partial charge is 0.239 e. The minimum Gasteiger partial charge on any atom is -0.375 e. The molecule has 1 aromatic carbocycles. The van der Waals surface area contributed by atoms with E-state index < -0.39 is 0 Å². The highest BCUT2D eigenvalue weighted by Crippen LogP contribution is 2.31. The number of rotatable bonds is 4. The molecule has 0 unspecified atom stereocenters. The molecule has 3 nitrogen and oxygen atoms in total. The molecule has 0 radical (unpaired) electrons. The molecule has 1 aromatic rings. The lowest BCUT2D eigenvalue weighted by molar-refractivity contribution is -0.119. The Bertz CT molecular complexity index is 421. The molecule has 0 aromatic heterocycles. The lowest BCUT2D eigenvalue weighted by Crippen LogP contribution is -2.34. The van der Waals surface area contributed by atoms with E-state index in [1.54, 1.807) is 6.07 Å². The summed E-state index contributed by atoms with van der Waals surface area (Å²) in [6, 6.07) is 3.23. The van der Waals surface area contributed by atoms with E-state index in [4.69, 9.17) is 34.8 Å². The number of carbonyl (C=O) groups excluding carboxylic acids is 1. The van der Waals surface area contributed by atoms with Gasteiger partial charge >= 0.3 is 0 Å². The van der Waals surface area contributed by atoms with Crippen molar-refractivity contribution in [1.29, 1.82) is 0 Å². The summed E-state index contributed by atoms with van der Waals surface area (Å²) in [6.45, 7) is 3.92. The largest absolute Gasteiger partial charge is 0.375 e. The van der Waals surface area contributed by atoms with Crippen LogP contribution in [0.3, 0.4) is 0 Å². The predicted molar refractivity (Wildman–Crippen MR) is 73.2 cm³/mol. The highest BCUT2D eigenvalue weighted by Gasteiger charge is 2.08. The zero-order valence-electron chi connectivity index (χ0n) is 9.48. The SMILES string of the molecule is CC(C)NC(=O)CNc1cc(Cl)c(Cl)cc1Cl. The van der Waals surface area contributed by atoms with Crippen LogP contribution in [0.1, 0.15) is 13.8 Å². The van der Waals surface area contributed by atoms with Gasteiger partial charge in [-0.15, -0.1) is 0 Å². The van der Waals surface area contributed by atoms with Crippen LogP contribution in [0.4, 0.5) is 5.69 Å². The molecule has 0 bridgehead atoms. The van der Waals surface area contributed by atoms with E-state index in [1.165, 1.54) is 6.07 Å². The standard InChI is InChI=1S/C11H13Cl3N2O/c1-6(2)16-11(17)5-15-10-4-8(13)7(12)3-9(10)14/h3-4,6,15H,5H2,1-2H3,(H,16,17). The summed E-state index contributed by atoms with van der Waals surface area (Å²) in [6.07, 6.45) is 0. The normalized spacial score (nSPS) is 10.5. The second-order valence-corrected chi connectivity index (χ2v) is 5.04. The molecule has 6 heteroatoms. The molecule has 17 heavy (non-hydrogen) atoms. The molecule has 0 saturated heterocycles. The van der Waals surface area contributed by atoms with Crippen molar-refractivity contribution in [3.63, 3.8) is 0 Å². The van der Waals surface area contributed by atoms with Crippen molar-refractivity contribution in [2.45, 2.75) is 19.9 Å². The molecule has 0 atom stereocenters. The Balaban J connectivity index is 2.63. The quantitative estimate of drug-likeness (QED) is 0.834. The second kappa shape index (κ2) is 6.34. The number of halogens is 3. The van der Waals surface area contributed by atoms with Gasteiger partial charge in [0.25, 0.3) is 0 Å². The molecule has 94 valence electrons. The molecule has 0 heterocycles. The van der Waals surface area contributed by atoms with Gasteiger partial charge in [0, 0.05) is 6.04 Å². The summed E-state index contributed by atoms with van der Waals surface area (Å²) in [7, 11) is 0. The maximum atomic E-state index is 11.4. The summed E-state index contributed by atoms with van der Waals surface area (Å²) < 4.78 is 0. The molecular weight excluding hydrogens is 282 g/mol. The van der Waals surface area contributed by atoms with Gasteiger partial charge in [0.15, 0.2) is 0 Å². The van der Waals surface area contributed by atoms with Crippen LogP contribution in [0.2, 0.25) is 15.1 Å². The topological polar surface area (TPSA) is 41.1 Å². The maximum Gasteiger partial charge on any atom is 0.239 e. The van der Waals surface area contributed by atoms with Crippen molar-refractivity contribution in [3.05, 3.63) is 27.2 Å². The van der Waals surface area contributed by atoms with Crippen LogP contribution in [-0.4, -0.2) is 18.5 Å². The predicted octanol–water partition coefficient (Wildman–Crippen LogP) is 3.58. The van der Waals surface area contributed by atoms with Crippen molar-refractivity contribution in [3.8, 4) is 0 Å². The zero-order valence-corrected chi connectivity index (χ0v) is 11.7. The molecule has 1 rings (SSSR count). The summed E-state index contributed by atoms with van der Waals surface area (Å²) >= 11 is 17.6. The minimum atomic E-state index is -0.109. The van der Waals surface area contributed by atoms with Gasteiger partial charge in [-0.2, -0.15) is 0 Å². The molecule has 0 aliphatic rings. The first kappa shape index (κ1) is 14.4. The summed E-state index contributed by atoms with van der Waals surface area (Å²) in [5.74, 6) is -0.109. The van der Waals surface area contributed by atoms with Crippen LogP contribution in [0.15, 0.2) is 12.1 Å². The number of amides is 1. The van der Waals surface area contributed by atoms with Crippen molar-refractivity contribution in [1.82, 2.24) is 5.32 Å². The van der Waals surface area contributed by atoms with Gasteiger partial charge < -0.3 is 10.6 Å². The van der Waals surface area contributed by atoms with E-state index in [0.29, 0.717) is 20.8 Å². The number of benzene rings is 1. The number of hydrogen-bond donors (Lipinski definition) is 2. The first-order valence-corrected chi connectivity index (χ1v) is 6.21. The van der Waals surface area contributed by atoms with Gasteiger partial charge in [-0.1, -0.05) is 34.8 Å². The van der Waals surface area contributed by atoms with Crippen LogP contribution in [0, 0.1) is 0 Å². The van der Waals surface area contributed by atoms with Gasteiger partial charge in [-0.05, 0) is 26.0 Å².